The highest BCUT2D eigenvalue weighted by molar-refractivity contribution is 5.96. The van der Waals surface area contributed by atoms with Crippen molar-refractivity contribution in [3.8, 4) is 5.75 Å². The number of carbonyl (C=O) groups is 1. The first-order valence-corrected chi connectivity index (χ1v) is 10.4. The van der Waals surface area contributed by atoms with Gasteiger partial charge in [0.05, 0.1) is 16.8 Å². The molecule has 1 fully saturated rings. The van der Waals surface area contributed by atoms with Gasteiger partial charge in [-0.2, -0.15) is 0 Å². The average molecular weight is 405 g/mol. The predicted molar refractivity (Wildman–Crippen MR) is 116 cm³/mol. The molecule has 0 atom stereocenters. The van der Waals surface area contributed by atoms with Gasteiger partial charge >= 0.3 is 0 Å². The van der Waals surface area contributed by atoms with Crippen molar-refractivity contribution in [2.75, 3.05) is 18.0 Å². The van der Waals surface area contributed by atoms with E-state index in [1.54, 1.807) is 6.07 Å². The molecule has 156 valence electrons. The van der Waals surface area contributed by atoms with Crippen molar-refractivity contribution in [3.05, 3.63) is 76.7 Å². The summed E-state index contributed by atoms with van der Waals surface area (Å²) in [6, 6.07) is 15.6. The molecule has 3 aromatic rings. The van der Waals surface area contributed by atoms with Crippen LogP contribution in [0.5, 0.6) is 5.75 Å². The maximum Gasteiger partial charge on any atom is 0.255 e. The summed E-state index contributed by atoms with van der Waals surface area (Å²) >= 11 is 0. The number of rotatable bonds is 7. The molecule has 6 heteroatoms. The molecule has 4 rings (SSSR count). The van der Waals surface area contributed by atoms with E-state index < -0.39 is 0 Å². The Kier molecular flexibility index (Phi) is 6.02. The number of para-hydroxylation sites is 2. The molecule has 0 aliphatic carbocycles. The Hall–Kier alpha value is -3.28. The number of amides is 1. The third-order valence-corrected chi connectivity index (χ3v) is 5.56. The van der Waals surface area contributed by atoms with Gasteiger partial charge in [-0.15, -0.1) is 0 Å². The Balaban J connectivity index is 1.45. The minimum atomic E-state index is -0.152. The smallest absolute Gasteiger partial charge is 0.255 e. The molecule has 1 saturated heterocycles. The van der Waals surface area contributed by atoms with Crippen LogP contribution >= 0.6 is 0 Å². The summed E-state index contributed by atoms with van der Waals surface area (Å²) in [6.07, 6.45) is 2.44. The molecule has 0 saturated carbocycles. The van der Waals surface area contributed by atoms with Crippen LogP contribution in [0.2, 0.25) is 0 Å². The van der Waals surface area contributed by atoms with Crippen molar-refractivity contribution in [1.82, 2.24) is 10.5 Å². The Bertz CT molecular complexity index is 1000. The van der Waals surface area contributed by atoms with Crippen molar-refractivity contribution in [2.24, 2.45) is 0 Å². The van der Waals surface area contributed by atoms with E-state index >= 15 is 0 Å². The summed E-state index contributed by atoms with van der Waals surface area (Å²) in [6.45, 7) is 6.67. The first-order valence-electron chi connectivity index (χ1n) is 10.4. The molecule has 30 heavy (non-hydrogen) atoms. The Labute approximate surface area is 176 Å². The van der Waals surface area contributed by atoms with Crippen molar-refractivity contribution < 1.29 is 14.1 Å². The molecule has 0 radical (unpaired) electrons. The summed E-state index contributed by atoms with van der Waals surface area (Å²) in [4.78, 5) is 15.3. The van der Waals surface area contributed by atoms with Crippen LogP contribution in [0.3, 0.4) is 0 Å². The maximum absolute atomic E-state index is 12.9. The first-order chi connectivity index (χ1) is 14.6. The maximum atomic E-state index is 12.9. The van der Waals surface area contributed by atoms with E-state index in [2.05, 4.69) is 33.6 Å². The second-order valence-electron chi connectivity index (χ2n) is 7.59. The zero-order valence-corrected chi connectivity index (χ0v) is 17.5. The van der Waals surface area contributed by atoms with Crippen LogP contribution in [-0.2, 0) is 13.2 Å². The van der Waals surface area contributed by atoms with Crippen LogP contribution in [0.4, 0.5) is 5.69 Å². The van der Waals surface area contributed by atoms with Gasteiger partial charge in [-0.25, -0.2) is 0 Å². The predicted octanol–water partition coefficient (Wildman–Crippen LogP) is 4.40. The minimum absolute atomic E-state index is 0.152. The number of anilines is 1. The molecular weight excluding hydrogens is 378 g/mol. The van der Waals surface area contributed by atoms with Gasteiger partial charge in [0.2, 0.25) is 0 Å². The summed E-state index contributed by atoms with van der Waals surface area (Å²) < 4.78 is 11.1. The summed E-state index contributed by atoms with van der Waals surface area (Å²) in [5.41, 5.74) is 4.56. The number of aryl methyl sites for hydroxylation is 2. The van der Waals surface area contributed by atoms with Crippen molar-refractivity contribution in [1.29, 1.82) is 0 Å². The summed E-state index contributed by atoms with van der Waals surface area (Å²) in [7, 11) is 0. The van der Waals surface area contributed by atoms with E-state index in [9.17, 15) is 4.79 Å². The monoisotopic (exact) mass is 405 g/mol. The molecule has 2 aromatic carbocycles. The van der Waals surface area contributed by atoms with Crippen LogP contribution in [0.15, 0.2) is 53.1 Å². The van der Waals surface area contributed by atoms with Crippen LogP contribution in [0.25, 0.3) is 0 Å². The quantitative estimate of drug-likeness (QED) is 0.631. The molecule has 1 aliphatic rings. The van der Waals surface area contributed by atoms with Crippen LogP contribution in [-0.4, -0.2) is 24.2 Å². The lowest BCUT2D eigenvalue weighted by Gasteiger charge is -2.21. The summed E-state index contributed by atoms with van der Waals surface area (Å²) in [5.74, 6) is 1.12. The lowest BCUT2D eigenvalue weighted by molar-refractivity contribution is 0.0946. The molecule has 1 aliphatic heterocycles. The van der Waals surface area contributed by atoms with E-state index in [-0.39, 0.29) is 5.91 Å². The van der Waals surface area contributed by atoms with E-state index in [1.165, 1.54) is 18.5 Å². The van der Waals surface area contributed by atoms with Gasteiger partial charge in [0.1, 0.15) is 18.1 Å². The fraction of sp³-hybridized carbons (Fsp3) is 0.333. The Morgan fingerprint density at radius 2 is 1.83 bits per heavy atom. The largest absolute Gasteiger partial charge is 0.488 e. The van der Waals surface area contributed by atoms with Crippen molar-refractivity contribution >= 4 is 11.6 Å². The molecule has 1 N–H and O–H groups in total. The number of hydrogen-bond acceptors (Lipinski definition) is 5. The van der Waals surface area contributed by atoms with E-state index in [0.717, 1.165) is 35.7 Å². The van der Waals surface area contributed by atoms with Gasteiger partial charge in [-0.05, 0) is 50.5 Å². The van der Waals surface area contributed by atoms with Gasteiger partial charge in [-0.3, -0.25) is 4.79 Å². The molecule has 0 spiro atoms. The van der Waals surface area contributed by atoms with E-state index in [4.69, 9.17) is 9.26 Å². The number of ether oxygens (including phenoxy) is 1. The van der Waals surface area contributed by atoms with Gasteiger partial charge in [0.25, 0.3) is 5.91 Å². The number of nitrogens with zero attached hydrogens (tertiary/aromatic N) is 2. The van der Waals surface area contributed by atoms with Crippen molar-refractivity contribution in [2.45, 2.75) is 39.8 Å². The number of carbonyl (C=O) groups excluding carboxylic acids is 1. The molecule has 2 heterocycles. The fourth-order valence-electron chi connectivity index (χ4n) is 3.84. The number of aromatic nitrogens is 1. The van der Waals surface area contributed by atoms with E-state index in [1.807, 2.05) is 38.1 Å². The first kappa shape index (κ1) is 20.0. The summed E-state index contributed by atoms with van der Waals surface area (Å²) in [5, 5.41) is 7.01. The highest BCUT2D eigenvalue weighted by Gasteiger charge is 2.17. The topological polar surface area (TPSA) is 67.6 Å². The van der Waals surface area contributed by atoms with Gasteiger partial charge in [0.15, 0.2) is 0 Å². The molecular formula is C24H27N3O3. The minimum Gasteiger partial charge on any atom is -0.488 e. The average Bonchev–Trinajstić information content (AvgIpc) is 3.41. The lowest BCUT2D eigenvalue weighted by Crippen LogP contribution is -2.26. The van der Waals surface area contributed by atoms with Crippen LogP contribution in [0, 0.1) is 13.8 Å². The van der Waals surface area contributed by atoms with Crippen molar-refractivity contribution in [3.63, 3.8) is 0 Å². The van der Waals surface area contributed by atoms with Crippen LogP contribution in [0.1, 0.15) is 45.8 Å². The third-order valence-electron chi connectivity index (χ3n) is 5.56. The fourth-order valence-corrected chi connectivity index (χ4v) is 3.84. The Morgan fingerprint density at radius 3 is 2.60 bits per heavy atom. The molecule has 0 bridgehead atoms. The van der Waals surface area contributed by atoms with Gasteiger partial charge in [-0.1, -0.05) is 35.5 Å². The van der Waals surface area contributed by atoms with Gasteiger partial charge in [0, 0.05) is 25.3 Å². The molecule has 0 unspecified atom stereocenters. The third kappa shape index (κ3) is 4.32. The highest BCUT2D eigenvalue weighted by Crippen LogP contribution is 2.25. The van der Waals surface area contributed by atoms with E-state index in [0.29, 0.717) is 24.5 Å². The molecule has 1 amide bonds. The number of hydrogen-bond donors (Lipinski definition) is 1. The standard InChI is InChI=1S/C24H27N3O3/c1-17-21(18(2)30-26-17)16-29-23-12-6-4-10-20(23)24(28)25-15-19-9-3-5-11-22(19)27-13-7-8-14-27/h3-6,9-12H,7-8,13-16H2,1-2H3,(H,25,28). The van der Waals surface area contributed by atoms with Crippen LogP contribution < -0.4 is 15.0 Å². The number of benzene rings is 2. The second-order valence-corrected chi connectivity index (χ2v) is 7.59. The zero-order valence-electron chi connectivity index (χ0n) is 17.5. The number of nitrogens with one attached hydrogen (secondary N) is 1. The lowest BCUT2D eigenvalue weighted by atomic mass is 10.1. The highest BCUT2D eigenvalue weighted by atomic mass is 16.5. The normalized spacial score (nSPS) is 13.5. The second kappa shape index (κ2) is 9.03. The van der Waals surface area contributed by atoms with Gasteiger partial charge < -0.3 is 19.5 Å². The zero-order chi connectivity index (χ0) is 20.9. The molecule has 6 nitrogen and oxygen atoms in total. The Morgan fingerprint density at radius 1 is 1.10 bits per heavy atom. The SMILES string of the molecule is Cc1noc(C)c1COc1ccccc1C(=O)NCc1ccccc1N1CCCC1. The molecule has 1 aromatic heterocycles.